The Bertz CT molecular complexity index is 540. The standard InChI is InChI=1S/C19H21N/c1-2-16-7-9-17(10-8-16)5-3-4-6-18-11-13-19(15-20)14-12-18/h3,5,11-14,16-17H,2,7-10H2,1H3. The molecule has 1 aromatic rings. The van der Waals surface area contributed by atoms with Crippen LogP contribution in [0.3, 0.4) is 0 Å². The summed E-state index contributed by atoms with van der Waals surface area (Å²) in [6.45, 7) is 2.30. The molecule has 0 atom stereocenters. The molecule has 0 aliphatic heterocycles. The number of hydrogen-bond acceptors (Lipinski definition) is 1. The summed E-state index contributed by atoms with van der Waals surface area (Å²) in [6.07, 6.45) is 11.0. The second kappa shape index (κ2) is 7.56. The number of benzene rings is 1. The highest BCUT2D eigenvalue weighted by molar-refractivity contribution is 5.41. The van der Waals surface area contributed by atoms with Gasteiger partial charge in [0.2, 0.25) is 0 Å². The first-order chi connectivity index (χ1) is 9.81. The van der Waals surface area contributed by atoms with Gasteiger partial charge in [0.05, 0.1) is 11.6 Å². The molecule has 0 saturated heterocycles. The van der Waals surface area contributed by atoms with Crippen molar-refractivity contribution in [3.63, 3.8) is 0 Å². The van der Waals surface area contributed by atoms with E-state index >= 15 is 0 Å². The summed E-state index contributed by atoms with van der Waals surface area (Å²) in [4.78, 5) is 0. The molecule has 1 nitrogen and oxygen atoms in total. The maximum atomic E-state index is 8.73. The molecule has 20 heavy (non-hydrogen) atoms. The molecule has 1 heteroatoms. The van der Waals surface area contributed by atoms with Gasteiger partial charge in [-0.2, -0.15) is 5.26 Å². The van der Waals surface area contributed by atoms with Crippen molar-refractivity contribution in [2.24, 2.45) is 11.8 Å². The molecule has 0 N–H and O–H groups in total. The second-order valence-corrected chi connectivity index (χ2v) is 5.51. The molecule has 0 radical (unpaired) electrons. The van der Waals surface area contributed by atoms with Crippen LogP contribution in [-0.4, -0.2) is 0 Å². The van der Waals surface area contributed by atoms with Crippen LogP contribution in [0.5, 0.6) is 0 Å². The Morgan fingerprint density at radius 1 is 1.10 bits per heavy atom. The molecule has 2 rings (SSSR count). The average Bonchev–Trinajstić information content (AvgIpc) is 2.53. The van der Waals surface area contributed by atoms with Gasteiger partial charge >= 0.3 is 0 Å². The fraction of sp³-hybridized carbons (Fsp3) is 0.421. The molecular formula is C19H21N. The third kappa shape index (κ3) is 4.29. The van der Waals surface area contributed by atoms with Crippen LogP contribution in [0.1, 0.15) is 50.2 Å². The van der Waals surface area contributed by atoms with Crippen LogP contribution in [0, 0.1) is 35.0 Å². The predicted molar refractivity (Wildman–Crippen MR) is 82.9 cm³/mol. The Morgan fingerprint density at radius 2 is 1.75 bits per heavy atom. The third-order valence-electron chi connectivity index (χ3n) is 4.15. The fourth-order valence-electron chi connectivity index (χ4n) is 2.73. The van der Waals surface area contributed by atoms with Gasteiger partial charge in [-0.25, -0.2) is 0 Å². The van der Waals surface area contributed by atoms with Gasteiger partial charge < -0.3 is 0 Å². The van der Waals surface area contributed by atoms with E-state index < -0.39 is 0 Å². The highest BCUT2D eigenvalue weighted by Crippen LogP contribution is 2.31. The highest BCUT2D eigenvalue weighted by atomic mass is 14.2. The van der Waals surface area contributed by atoms with Gasteiger partial charge in [-0.1, -0.05) is 31.3 Å². The van der Waals surface area contributed by atoms with E-state index in [1.54, 1.807) is 12.1 Å². The van der Waals surface area contributed by atoms with Crippen LogP contribution < -0.4 is 0 Å². The molecule has 1 aliphatic rings. The Morgan fingerprint density at radius 3 is 2.35 bits per heavy atom. The average molecular weight is 263 g/mol. The summed E-state index contributed by atoms with van der Waals surface area (Å²) in [5, 5.41) is 8.73. The Hall–Kier alpha value is -1.99. The molecule has 1 saturated carbocycles. The summed E-state index contributed by atoms with van der Waals surface area (Å²) in [5.74, 6) is 7.87. The maximum Gasteiger partial charge on any atom is 0.0991 e. The Labute approximate surface area is 122 Å². The maximum absolute atomic E-state index is 8.73. The summed E-state index contributed by atoms with van der Waals surface area (Å²) in [6, 6.07) is 9.51. The van der Waals surface area contributed by atoms with Crippen molar-refractivity contribution in [1.29, 1.82) is 5.26 Å². The Kier molecular flexibility index (Phi) is 5.45. The molecule has 0 heterocycles. The van der Waals surface area contributed by atoms with Gasteiger partial charge in [-0.05, 0) is 67.9 Å². The number of rotatable bonds is 2. The first-order valence-corrected chi connectivity index (χ1v) is 7.50. The van der Waals surface area contributed by atoms with Gasteiger partial charge in [0.25, 0.3) is 0 Å². The number of allylic oxidation sites excluding steroid dienone is 2. The van der Waals surface area contributed by atoms with E-state index in [0.29, 0.717) is 11.5 Å². The SMILES string of the molecule is CCC1CCC(C=CC#Cc2ccc(C#N)cc2)CC1. The van der Waals surface area contributed by atoms with E-state index in [4.69, 9.17) is 5.26 Å². The minimum absolute atomic E-state index is 0.679. The number of hydrogen-bond donors (Lipinski definition) is 0. The van der Waals surface area contributed by atoms with Gasteiger partial charge in [0, 0.05) is 5.56 Å². The minimum atomic E-state index is 0.679. The lowest BCUT2D eigenvalue weighted by atomic mass is 9.81. The normalized spacial score (nSPS) is 22.0. The molecular weight excluding hydrogens is 242 g/mol. The lowest BCUT2D eigenvalue weighted by Crippen LogP contribution is -2.11. The molecule has 0 bridgehead atoms. The largest absolute Gasteiger partial charge is 0.192 e. The monoisotopic (exact) mass is 263 g/mol. The molecule has 0 amide bonds. The summed E-state index contributed by atoms with van der Waals surface area (Å²) in [5.41, 5.74) is 1.64. The van der Waals surface area contributed by atoms with Gasteiger partial charge in [0.15, 0.2) is 0 Å². The minimum Gasteiger partial charge on any atom is -0.192 e. The molecule has 1 fully saturated rings. The number of nitrogens with zero attached hydrogens (tertiary/aromatic N) is 1. The van der Waals surface area contributed by atoms with Crippen LogP contribution in [0.2, 0.25) is 0 Å². The molecule has 102 valence electrons. The summed E-state index contributed by atoms with van der Waals surface area (Å²) < 4.78 is 0. The summed E-state index contributed by atoms with van der Waals surface area (Å²) in [7, 11) is 0. The van der Waals surface area contributed by atoms with Crippen molar-refractivity contribution in [3.05, 3.63) is 47.5 Å². The van der Waals surface area contributed by atoms with Crippen LogP contribution in [-0.2, 0) is 0 Å². The van der Waals surface area contributed by atoms with E-state index in [2.05, 4.69) is 30.9 Å². The third-order valence-corrected chi connectivity index (χ3v) is 4.15. The van der Waals surface area contributed by atoms with Crippen molar-refractivity contribution >= 4 is 0 Å². The molecule has 0 spiro atoms. The predicted octanol–water partition coefficient (Wildman–Crippen LogP) is 4.68. The molecule has 1 aliphatic carbocycles. The van der Waals surface area contributed by atoms with Crippen molar-refractivity contribution < 1.29 is 0 Å². The second-order valence-electron chi connectivity index (χ2n) is 5.51. The highest BCUT2D eigenvalue weighted by Gasteiger charge is 2.17. The van der Waals surface area contributed by atoms with Crippen LogP contribution in [0.4, 0.5) is 0 Å². The lowest BCUT2D eigenvalue weighted by molar-refractivity contribution is 0.304. The molecule has 0 unspecified atom stereocenters. The van der Waals surface area contributed by atoms with Crippen molar-refractivity contribution in [3.8, 4) is 17.9 Å². The summed E-state index contributed by atoms with van der Waals surface area (Å²) >= 11 is 0. The smallest absolute Gasteiger partial charge is 0.0991 e. The van der Waals surface area contributed by atoms with Crippen LogP contribution in [0.15, 0.2) is 36.4 Å². The van der Waals surface area contributed by atoms with E-state index in [9.17, 15) is 0 Å². The zero-order valence-corrected chi connectivity index (χ0v) is 12.1. The number of nitriles is 1. The van der Waals surface area contributed by atoms with Gasteiger partial charge in [-0.3, -0.25) is 0 Å². The van der Waals surface area contributed by atoms with E-state index in [-0.39, 0.29) is 0 Å². The van der Waals surface area contributed by atoms with E-state index in [1.165, 1.54) is 32.1 Å². The van der Waals surface area contributed by atoms with E-state index in [1.807, 2.05) is 18.2 Å². The lowest BCUT2D eigenvalue weighted by Gasteiger charge is -2.25. The first kappa shape index (κ1) is 14.4. The Balaban J connectivity index is 1.84. The fourth-order valence-corrected chi connectivity index (χ4v) is 2.73. The zero-order chi connectivity index (χ0) is 14.2. The quantitative estimate of drug-likeness (QED) is 0.710. The van der Waals surface area contributed by atoms with Crippen molar-refractivity contribution in [2.75, 3.05) is 0 Å². The zero-order valence-electron chi connectivity index (χ0n) is 12.1. The molecule has 1 aromatic carbocycles. The van der Waals surface area contributed by atoms with E-state index in [0.717, 1.165) is 11.5 Å². The molecule has 0 aromatic heterocycles. The van der Waals surface area contributed by atoms with Crippen LogP contribution >= 0.6 is 0 Å². The van der Waals surface area contributed by atoms with Gasteiger partial charge in [0.1, 0.15) is 0 Å². The van der Waals surface area contributed by atoms with Gasteiger partial charge in [-0.15, -0.1) is 0 Å². The topological polar surface area (TPSA) is 23.8 Å². The van der Waals surface area contributed by atoms with Crippen molar-refractivity contribution in [2.45, 2.75) is 39.0 Å². The first-order valence-electron chi connectivity index (χ1n) is 7.50. The van der Waals surface area contributed by atoms with Crippen molar-refractivity contribution in [1.82, 2.24) is 0 Å². The van der Waals surface area contributed by atoms with Crippen LogP contribution in [0.25, 0.3) is 0 Å².